The molecule has 0 bridgehead atoms. The third-order valence-corrected chi connectivity index (χ3v) is 1.73. The Morgan fingerprint density at radius 1 is 1.31 bits per heavy atom. The molecule has 0 aliphatic carbocycles. The topological polar surface area (TPSA) is 44.7 Å². The van der Waals surface area contributed by atoms with Gasteiger partial charge in [-0.15, -0.1) is 0 Å². The van der Waals surface area contributed by atoms with Crippen molar-refractivity contribution in [2.45, 2.75) is 0 Å². The predicted molar refractivity (Wildman–Crippen MR) is 50.8 cm³/mol. The van der Waals surface area contributed by atoms with Gasteiger partial charge < -0.3 is 5.32 Å². The Bertz CT molecular complexity index is 334. The molecule has 0 spiro atoms. The molecule has 1 N–H and O–H groups in total. The number of hydrogen-bond donors (Lipinski definition) is 1. The van der Waals surface area contributed by atoms with Crippen LogP contribution >= 0.6 is 0 Å². The summed E-state index contributed by atoms with van der Waals surface area (Å²) in [5, 5.41) is 7.98. The van der Waals surface area contributed by atoms with E-state index in [1.165, 1.54) is 5.01 Å². The van der Waals surface area contributed by atoms with Crippen molar-refractivity contribution in [3.05, 3.63) is 30.3 Å². The number of anilines is 1. The SMILES string of the molecule is O=C1NCC=NN1c1ccccc1. The second kappa shape index (κ2) is 3.26. The Kier molecular flexibility index (Phi) is 1.96. The highest BCUT2D eigenvalue weighted by atomic mass is 16.2. The second-order valence-corrected chi connectivity index (χ2v) is 2.63. The number of carbonyl (C=O) groups excluding carboxylic acids is 1. The molecule has 1 aromatic carbocycles. The maximum absolute atomic E-state index is 11.3. The molecule has 4 heteroatoms. The number of para-hydroxylation sites is 1. The fourth-order valence-corrected chi connectivity index (χ4v) is 1.14. The number of carbonyl (C=O) groups is 1. The molecule has 66 valence electrons. The highest BCUT2D eigenvalue weighted by Gasteiger charge is 2.15. The Labute approximate surface area is 75.9 Å². The molecule has 0 aromatic heterocycles. The minimum absolute atomic E-state index is 0.186. The van der Waals surface area contributed by atoms with E-state index >= 15 is 0 Å². The molecule has 4 nitrogen and oxygen atoms in total. The maximum Gasteiger partial charge on any atom is 0.342 e. The summed E-state index contributed by atoms with van der Waals surface area (Å²) in [4.78, 5) is 11.3. The van der Waals surface area contributed by atoms with Crippen LogP contribution in [-0.4, -0.2) is 18.8 Å². The first-order valence-corrected chi connectivity index (χ1v) is 4.03. The van der Waals surface area contributed by atoms with Gasteiger partial charge in [-0.1, -0.05) is 18.2 Å². The summed E-state index contributed by atoms with van der Waals surface area (Å²) in [7, 11) is 0. The van der Waals surface area contributed by atoms with Crippen LogP contribution in [-0.2, 0) is 0 Å². The molecule has 2 rings (SSSR count). The third-order valence-electron chi connectivity index (χ3n) is 1.73. The third kappa shape index (κ3) is 1.51. The number of amides is 2. The number of hydrogen-bond acceptors (Lipinski definition) is 2. The van der Waals surface area contributed by atoms with Gasteiger partial charge in [0.25, 0.3) is 0 Å². The van der Waals surface area contributed by atoms with Gasteiger partial charge in [0.2, 0.25) is 0 Å². The van der Waals surface area contributed by atoms with Gasteiger partial charge in [-0.25, -0.2) is 4.79 Å². The molecule has 1 aliphatic heterocycles. The Morgan fingerprint density at radius 3 is 2.77 bits per heavy atom. The van der Waals surface area contributed by atoms with E-state index in [1.54, 1.807) is 6.21 Å². The molecular formula is C9H9N3O. The lowest BCUT2D eigenvalue weighted by Gasteiger charge is -2.20. The normalized spacial score (nSPS) is 15.7. The van der Waals surface area contributed by atoms with Gasteiger partial charge in [-0.05, 0) is 12.1 Å². The Hall–Kier alpha value is -1.84. The van der Waals surface area contributed by atoms with Crippen LogP contribution in [0.5, 0.6) is 0 Å². The van der Waals surface area contributed by atoms with Crippen LogP contribution in [0.4, 0.5) is 10.5 Å². The minimum atomic E-state index is -0.186. The molecule has 1 heterocycles. The molecular weight excluding hydrogens is 166 g/mol. The lowest BCUT2D eigenvalue weighted by molar-refractivity contribution is 0.247. The largest absolute Gasteiger partial charge is 0.342 e. The van der Waals surface area contributed by atoms with Crippen LogP contribution in [0.2, 0.25) is 0 Å². The lowest BCUT2D eigenvalue weighted by atomic mass is 10.3. The van der Waals surface area contributed by atoms with Crippen molar-refractivity contribution in [2.75, 3.05) is 11.6 Å². The predicted octanol–water partition coefficient (Wildman–Crippen LogP) is 1.20. The van der Waals surface area contributed by atoms with Crippen molar-refractivity contribution in [3.8, 4) is 0 Å². The molecule has 0 fully saturated rings. The number of rotatable bonds is 1. The van der Waals surface area contributed by atoms with Crippen LogP contribution in [0.25, 0.3) is 0 Å². The number of hydrazone groups is 1. The first-order chi connectivity index (χ1) is 6.38. The molecule has 1 aromatic rings. The summed E-state index contributed by atoms with van der Waals surface area (Å²) in [6, 6.07) is 9.12. The molecule has 0 unspecified atom stereocenters. The maximum atomic E-state index is 11.3. The fraction of sp³-hybridized carbons (Fsp3) is 0.111. The first-order valence-electron chi connectivity index (χ1n) is 4.03. The first kappa shape index (κ1) is 7.79. The van der Waals surface area contributed by atoms with Gasteiger partial charge in [0.15, 0.2) is 0 Å². The van der Waals surface area contributed by atoms with E-state index in [0.717, 1.165) is 5.69 Å². The quantitative estimate of drug-likeness (QED) is 0.684. The van der Waals surface area contributed by atoms with E-state index in [2.05, 4.69) is 10.4 Å². The molecule has 13 heavy (non-hydrogen) atoms. The summed E-state index contributed by atoms with van der Waals surface area (Å²) in [6.07, 6.45) is 1.66. The van der Waals surface area contributed by atoms with Crippen molar-refractivity contribution in [3.63, 3.8) is 0 Å². The van der Waals surface area contributed by atoms with Crippen LogP contribution in [0.3, 0.4) is 0 Å². The Balaban J connectivity index is 2.30. The molecule has 0 radical (unpaired) electrons. The van der Waals surface area contributed by atoms with Crippen molar-refractivity contribution in [1.82, 2.24) is 5.32 Å². The van der Waals surface area contributed by atoms with Gasteiger partial charge in [0.05, 0.1) is 12.2 Å². The Morgan fingerprint density at radius 2 is 2.08 bits per heavy atom. The summed E-state index contributed by atoms with van der Waals surface area (Å²) < 4.78 is 0. The van der Waals surface area contributed by atoms with Gasteiger partial charge >= 0.3 is 6.03 Å². The van der Waals surface area contributed by atoms with Gasteiger partial charge in [-0.3, -0.25) is 0 Å². The average Bonchev–Trinajstić information content (AvgIpc) is 2.20. The highest BCUT2D eigenvalue weighted by Crippen LogP contribution is 2.14. The van der Waals surface area contributed by atoms with Crippen molar-refractivity contribution < 1.29 is 4.79 Å². The minimum Gasteiger partial charge on any atom is -0.331 e. The zero-order chi connectivity index (χ0) is 9.10. The van der Waals surface area contributed by atoms with E-state index in [1.807, 2.05) is 30.3 Å². The molecule has 0 saturated carbocycles. The molecule has 1 aliphatic rings. The number of nitrogens with zero attached hydrogens (tertiary/aromatic N) is 2. The smallest absolute Gasteiger partial charge is 0.331 e. The van der Waals surface area contributed by atoms with Gasteiger partial charge in [0.1, 0.15) is 0 Å². The van der Waals surface area contributed by atoms with Gasteiger partial charge in [0, 0.05) is 6.21 Å². The van der Waals surface area contributed by atoms with Crippen LogP contribution < -0.4 is 10.3 Å². The van der Waals surface area contributed by atoms with Crippen molar-refractivity contribution in [2.24, 2.45) is 5.10 Å². The standard InChI is InChI=1S/C9H9N3O/c13-9-10-6-7-11-12(9)8-4-2-1-3-5-8/h1-5,7H,6H2,(H,10,13). The zero-order valence-corrected chi connectivity index (χ0v) is 6.97. The van der Waals surface area contributed by atoms with Crippen LogP contribution in [0.15, 0.2) is 35.4 Å². The van der Waals surface area contributed by atoms with Crippen LogP contribution in [0.1, 0.15) is 0 Å². The van der Waals surface area contributed by atoms with E-state index in [9.17, 15) is 4.79 Å². The van der Waals surface area contributed by atoms with E-state index < -0.39 is 0 Å². The fourth-order valence-electron chi connectivity index (χ4n) is 1.14. The zero-order valence-electron chi connectivity index (χ0n) is 6.97. The number of urea groups is 1. The second-order valence-electron chi connectivity index (χ2n) is 2.63. The summed E-state index contributed by atoms with van der Waals surface area (Å²) in [5.74, 6) is 0. The summed E-state index contributed by atoms with van der Waals surface area (Å²) in [6.45, 7) is 0.502. The van der Waals surface area contributed by atoms with Gasteiger partial charge in [-0.2, -0.15) is 10.1 Å². The molecule has 0 saturated heterocycles. The highest BCUT2D eigenvalue weighted by molar-refractivity contribution is 5.95. The van der Waals surface area contributed by atoms with E-state index in [0.29, 0.717) is 6.54 Å². The van der Waals surface area contributed by atoms with E-state index in [-0.39, 0.29) is 6.03 Å². The van der Waals surface area contributed by atoms with Crippen molar-refractivity contribution >= 4 is 17.9 Å². The lowest BCUT2D eigenvalue weighted by Crippen LogP contribution is -2.41. The molecule has 2 amide bonds. The van der Waals surface area contributed by atoms with Crippen LogP contribution in [0, 0.1) is 0 Å². The summed E-state index contributed by atoms with van der Waals surface area (Å²) in [5.41, 5.74) is 0.774. The number of nitrogens with one attached hydrogen (secondary N) is 1. The number of benzene rings is 1. The molecule has 0 atom stereocenters. The summed E-state index contributed by atoms with van der Waals surface area (Å²) >= 11 is 0. The van der Waals surface area contributed by atoms with E-state index in [4.69, 9.17) is 0 Å². The average molecular weight is 175 g/mol. The van der Waals surface area contributed by atoms with Crippen molar-refractivity contribution in [1.29, 1.82) is 0 Å². The monoisotopic (exact) mass is 175 g/mol.